The molecule has 0 spiro atoms. The molecule has 2 atom stereocenters. The van der Waals surface area contributed by atoms with Crippen molar-refractivity contribution < 1.29 is 14.3 Å². The Bertz CT molecular complexity index is 835. The van der Waals surface area contributed by atoms with Crippen LogP contribution < -0.4 is 9.47 Å². The fourth-order valence-electron chi connectivity index (χ4n) is 5.21. The highest BCUT2D eigenvalue weighted by Gasteiger charge is 2.64. The van der Waals surface area contributed by atoms with Gasteiger partial charge in [0.15, 0.2) is 0 Å². The van der Waals surface area contributed by atoms with Gasteiger partial charge in [-0.1, -0.05) is 36.4 Å². The SMILES string of the molecule is C=C(C)C1(C(C)=O)[C@H]2c3ccccc3[C@H]1c1c(OC)ccc(OC)c12. The lowest BCUT2D eigenvalue weighted by Gasteiger charge is -2.33. The molecule has 128 valence electrons. The molecule has 0 saturated heterocycles. The summed E-state index contributed by atoms with van der Waals surface area (Å²) in [6, 6.07) is 12.2. The molecule has 0 aromatic heterocycles. The molecule has 2 aromatic carbocycles. The zero-order valence-electron chi connectivity index (χ0n) is 15.1. The van der Waals surface area contributed by atoms with Crippen molar-refractivity contribution in [1.82, 2.24) is 0 Å². The topological polar surface area (TPSA) is 35.5 Å². The number of fused-ring (bicyclic) bond motifs is 8. The summed E-state index contributed by atoms with van der Waals surface area (Å²) in [6.45, 7) is 7.90. The Hall–Kier alpha value is -2.55. The van der Waals surface area contributed by atoms with Crippen molar-refractivity contribution in [3.8, 4) is 11.5 Å². The number of allylic oxidation sites excluding steroid dienone is 1. The highest BCUT2D eigenvalue weighted by Crippen LogP contribution is 2.72. The van der Waals surface area contributed by atoms with E-state index in [2.05, 4.69) is 18.7 Å². The summed E-state index contributed by atoms with van der Waals surface area (Å²) in [5.74, 6) is 1.60. The van der Waals surface area contributed by atoms with Crippen LogP contribution in [0.3, 0.4) is 0 Å². The van der Waals surface area contributed by atoms with Gasteiger partial charge in [0, 0.05) is 23.0 Å². The van der Waals surface area contributed by atoms with Crippen LogP contribution in [-0.2, 0) is 4.79 Å². The molecular formula is C22H22O3. The zero-order chi connectivity index (χ0) is 17.9. The van der Waals surface area contributed by atoms with Crippen LogP contribution in [0.2, 0.25) is 0 Å². The van der Waals surface area contributed by atoms with Gasteiger partial charge in [-0.2, -0.15) is 0 Å². The van der Waals surface area contributed by atoms with Gasteiger partial charge in [-0.25, -0.2) is 0 Å². The standard InChI is InChI=1S/C22H22O3/c1-12(2)22(13(3)23)20-14-8-6-7-9-15(14)21(22)19-17(25-5)11-10-16(24-4)18(19)20/h6-11,20-21H,1H2,2-5H3/t20-,21-/m0/s1. The summed E-state index contributed by atoms with van der Waals surface area (Å²) in [6.07, 6.45) is 0. The Kier molecular flexibility index (Phi) is 3.33. The highest BCUT2D eigenvalue weighted by molar-refractivity contribution is 5.94. The van der Waals surface area contributed by atoms with Crippen molar-refractivity contribution in [2.45, 2.75) is 25.7 Å². The van der Waals surface area contributed by atoms with Gasteiger partial charge in [-0.05, 0) is 37.1 Å². The minimum Gasteiger partial charge on any atom is -0.496 e. The fourth-order valence-corrected chi connectivity index (χ4v) is 5.21. The first-order valence-corrected chi connectivity index (χ1v) is 8.50. The van der Waals surface area contributed by atoms with Crippen LogP contribution >= 0.6 is 0 Å². The minimum atomic E-state index is -0.673. The summed E-state index contributed by atoms with van der Waals surface area (Å²) >= 11 is 0. The second-order valence-corrected chi connectivity index (χ2v) is 7.00. The number of Topliss-reactive ketones (excluding diaryl/α,β-unsaturated/α-hetero) is 1. The molecule has 2 aliphatic rings. The molecule has 0 fully saturated rings. The zero-order valence-corrected chi connectivity index (χ0v) is 15.1. The van der Waals surface area contributed by atoms with Gasteiger partial charge in [0.2, 0.25) is 0 Å². The van der Waals surface area contributed by atoms with Crippen LogP contribution in [0.4, 0.5) is 0 Å². The van der Waals surface area contributed by atoms with Gasteiger partial charge in [-0.3, -0.25) is 4.79 Å². The molecule has 4 rings (SSSR count). The second-order valence-electron chi connectivity index (χ2n) is 7.00. The van der Waals surface area contributed by atoms with E-state index < -0.39 is 5.41 Å². The molecule has 0 unspecified atom stereocenters. The molecule has 3 nitrogen and oxygen atoms in total. The molecule has 0 heterocycles. The second kappa shape index (κ2) is 5.22. The molecule has 25 heavy (non-hydrogen) atoms. The Labute approximate surface area is 148 Å². The lowest BCUT2D eigenvalue weighted by atomic mass is 9.67. The summed E-state index contributed by atoms with van der Waals surface area (Å²) in [5.41, 5.74) is 4.77. The summed E-state index contributed by atoms with van der Waals surface area (Å²) in [5, 5.41) is 0. The van der Waals surface area contributed by atoms with Crippen LogP contribution in [0.5, 0.6) is 11.5 Å². The molecule has 0 saturated carbocycles. The van der Waals surface area contributed by atoms with Gasteiger partial charge >= 0.3 is 0 Å². The van der Waals surface area contributed by atoms with Gasteiger partial charge in [0.1, 0.15) is 17.3 Å². The van der Waals surface area contributed by atoms with Gasteiger partial charge < -0.3 is 9.47 Å². The number of hydrogen-bond donors (Lipinski definition) is 0. The average molecular weight is 334 g/mol. The summed E-state index contributed by atoms with van der Waals surface area (Å²) in [7, 11) is 3.35. The van der Waals surface area contributed by atoms with E-state index in [4.69, 9.17) is 9.47 Å². The molecule has 0 radical (unpaired) electrons. The van der Waals surface area contributed by atoms with Crippen molar-refractivity contribution in [2.24, 2.45) is 5.41 Å². The number of rotatable bonds is 4. The number of benzene rings is 2. The first kappa shape index (κ1) is 15.9. The lowest BCUT2D eigenvalue weighted by Crippen LogP contribution is -2.34. The Balaban J connectivity index is 2.16. The summed E-state index contributed by atoms with van der Waals surface area (Å²) < 4.78 is 11.4. The van der Waals surface area contributed by atoms with Crippen LogP contribution in [0.25, 0.3) is 0 Å². The van der Waals surface area contributed by atoms with E-state index in [9.17, 15) is 4.79 Å². The first-order chi connectivity index (χ1) is 12.0. The van der Waals surface area contributed by atoms with Gasteiger partial charge in [0.05, 0.1) is 19.6 Å². The van der Waals surface area contributed by atoms with Crippen LogP contribution in [0.1, 0.15) is 47.9 Å². The van der Waals surface area contributed by atoms with E-state index in [1.807, 2.05) is 31.2 Å². The minimum absolute atomic E-state index is 0.0799. The normalized spacial score (nSPS) is 25.3. The maximum atomic E-state index is 13.1. The number of carbonyl (C=O) groups excluding carboxylic acids is 1. The smallest absolute Gasteiger partial charge is 0.141 e. The van der Waals surface area contributed by atoms with E-state index in [1.165, 1.54) is 11.1 Å². The molecule has 0 N–H and O–H groups in total. The van der Waals surface area contributed by atoms with Crippen molar-refractivity contribution in [1.29, 1.82) is 0 Å². The molecule has 2 bridgehead atoms. The fraction of sp³-hybridized carbons (Fsp3) is 0.318. The molecular weight excluding hydrogens is 312 g/mol. The van der Waals surface area contributed by atoms with Crippen molar-refractivity contribution in [3.05, 3.63) is 70.8 Å². The van der Waals surface area contributed by atoms with Gasteiger partial charge in [0.25, 0.3) is 0 Å². The maximum absolute atomic E-state index is 13.1. The van der Waals surface area contributed by atoms with Crippen molar-refractivity contribution in [2.75, 3.05) is 14.2 Å². The van der Waals surface area contributed by atoms with Crippen molar-refractivity contribution in [3.63, 3.8) is 0 Å². The maximum Gasteiger partial charge on any atom is 0.141 e. The molecule has 2 aromatic rings. The Morgan fingerprint density at radius 1 is 0.920 bits per heavy atom. The van der Waals surface area contributed by atoms with Crippen molar-refractivity contribution >= 4 is 5.78 Å². The third-order valence-electron chi connectivity index (χ3n) is 6.04. The van der Waals surface area contributed by atoms with Crippen LogP contribution in [0.15, 0.2) is 48.6 Å². The largest absolute Gasteiger partial charge is 0.496 e. The quantitative estimate of drug-likeness (QED) is 0.775. The van der Waals surface area contributed by atoms with E-state index in [-0.39, 0.29) is 17.6 Å². The molecule has 0 amide bonds. The van der Waals surface area contributed by atoms with Crippen LogP contribution in [0, 0.1) is 5.41 Å². The van der Waals surface area contributed by atoms with E-state index in [0.29, 0.717) is 0 Å². The van der Waals surface area contributed by atoms with Gasteiger partial charge in [-0.15, -0.1) is 0 Å². The number of hydrogen-bond acceptors (Lipinski definition) is 3. The van der Waals surface area contributed by atoms with E-state index >= 15 is 0 Å². The predicted molar refractivity (Wildman–Crippen MR) is 97.6 cm³/mol. The number of methoxy groups -OCH3 is 2. The highest BCUT2D eigenvalue weighted by atomic mass is 16.5. The molecule has 3 heteroatoms. The Morgan fingerprint density at radius 2 is 1.36 bits per heavy atom. The first-order valence-electron chi connectivity index (χ1n) is 8.50. The van der Waals surface area contributed by atoms with Crippen LogP contribution in [-0.4, -0.2) is 20.0 Å². The Morgan fingerprint density at radius 3 is 1.68 bits per heavy atom. The molecule has 2 aliphatic carbocycles. The average Bonchev–Trinajstić information content (AvgIpc) is 3.09. The number of ketones is 1. The number of carbonyl (C=O) groups is 1. The summed E-state index contributed by atoms with van der Waals surface area (Å²) in [4.78, 5) is 13.1. The molecule has 0 aliphatic heterocycles. The predicted octanol–water partition coefficient (Wildman–Crippen LogP) is 4.45. The van der Waals surface area contributed by atoms with E-state index in [0.717, 1.165) is 28.2 Å². The monoisotopic (exact) mass is 334 g/mol. The third kappa shape index (κ3) is 1.68. The lowest BCUT2D eigenvalue weighted by molar-refractivity contribution is -0.125. The van der Waals surface area contributed by atoms with E-state index in [1.54, 1.807) is 21.1 Å². The number of ether oxygens (including phenoxy) is 2. The third-order valence-corrected chi connectivity index (χ3v) is 6.04.